The molecule has 1 aliphatic rings. The van der Waals surface area contributed by atoms with Crippen molar-refractivity contribution in [1.82, 2.24) is 9.78 Å². The second-order valence-corrected chi connectivity index (χ2v) is 10.7. The molecule has 0 fully saturated rings. The maximum Gasteiger partial charge on any atom is 0.180 e. The Morgan fingerprint density at radius 1 is 1.13 bits per heavy atom. The third-order valence-corrected chi connectivity index (χ3v) is 8.13. The predicted octanol–water partition coefficient (Wildman–Crippen LogP) is 4.23. The normalized spacial score (nSPS) is 16.1. The van der Waals surface area contributed by atoms with E-state index in [4.69, 9.17) is 23.2 Å². The average molecular weight is 465 g/mol. The highest BCUT2D eigenvalue weighted by Gasteiger charge is 2.29. The van der Waals surface area contributed by atoms with Crippen LogP contribution in [0.25, 0.3) is 0 Å². The molecule has 0 saturated heterocycles. The summed E-state index contributed by atoms with van der Waals surface area (Å²) in [6.45, 7) is 2.46. The number of hydrogen-bond donors (Lipinski definition) is 1. The standard InChI is InChI=1S/C22H22Cl2N2O3S/c1-14-19(12-27)11-26(25-14)10-15-2-3-17-7-16(8-18(17)6-15)13-30(28,29)22-5-4-20(23)9-21(22)24/h2-6,9,11,16,27H,7-8,10,12-13H2,1H3/t16-/m1/s1. The van der Waals surface area contributed by atoms with E-state index in [1.807, 2.05) is 17.8 Å². The van der Waals surface area contributed by atoms with Gasteiger partial charge < -0.3 is 5.11 Å². The van der Waals surface area contributed by atoms with Crippen molar-refractivity contribution in [2.45, 2.75) is 37.8 Å². The zero-order valence-electron chi connectivity index (χ0n) is 16.5. The highest BCUT2D eigenvalue weighted by Crippen LogP contribution is 2.32. The minimum Gasteiger partial charge on any atom is -0.392 e. The van der Waals surface area contributed by atoms with Crippen LogP contribution in [0.3, 0.4) is 0 Å². The molecular weight excluding hydrogens is 443 g/mol. The van der Waals surface area contributed by atoms with Crippen LogP contribution in [0.2, 0.25) is 10.0 Å². The van der Waals surface area contributed by atoms with E-state index in [1.165, 1.54) is 23.3 Å². The molecule has 4 rings (SSSR count). The summed E-state index contributed by atoms with van der Waals surface area (Å²) in [4.78, 5) is 0.138. The number of benzene rings is 2. The molecule has 1 aliphatic carbocycles. The number of sulfone groups is 1. The van der Waals surface area contributed by atoms with E-state index in [0.29, 0.717) is 18.0 Å². The van der Waals surface area contributed by atoms with E-state index in [-0.39, 0.29) is 28.2 Å². The molecule has 0 amide bonds. The van der Waals surface area contributed by atoms with Gasteiger partial charge in [0.2, 0.25) is 0 Å². The Morgan fingerprint density at radius 2 is 1.90 bits per heavy atom. The minimum absolute atomic E-state index is 0.0138. The van der Waals surface area contributed by atoms with Crippen molar-refractivity contribution >= 4 is 33.0 Å². The van der Waals surface area contributed by atoms with Crippen LogP contribution >= 0.6 is 23.2 Å². The summed E-state index contributed by atoms with van der Waals surface area (Å²) in [6, 6.07) is 10.8. The fourth-order valence-electron chi connectivity index (χ4n) is 4.09. The Morgan fingerprint density at radius 3 is 2.60 bits per heavy atom. The molecule has 1 heterocycles. The van der Waals surface area contributed by atoms with Gasteiger partial charge in [-0.25, -0.2) is 8.42 Å². The fourth-order valence-corrected chi connectivity index (χ4v) is 6.52. The maximum atomic E-state index is 12.9. The SMILES string of the molecule is Cc1nn(Cc2ccc3c(c2)C[C@H](CS(=O)(=O)c2ccc(Cl)cc2Cl)C3)cc1CO. The highest BCUT2D eigenvalue weighted by molar-refractivity contribution is 7.91. The van der Waals surface area contributed by atoms with Gasteiger partial charge in [-0.15, -0.1) is 0 Å². The van der Waals surface area contributed by atoms with Gasteiger partial charge in [0.1, 0.15) is 0 Å². The van der Waals surface area contributed by atoms with Gasteiger partial charge in [-0.1, -0.05) is 41.4 Å². The van der Waals surface area contributed by atoms with Crippen molar-refractivity contribution in [3.63, 3.8) is 0 Å². The van der Waals surface area contributed by atoms with Crippen molar-refractivity contribution in [1.29, 1.82) is 0 Å². The van der Waals surface area contributed by atoms with E-state index >= 15 is 0 Å². The third kappa shape index (κ3) is 4.42. The molecule has 1 atom stereocenters. The monoisotopic (exact) mass is 464 g/mol. The molecule has 1 N–H and O–H groups in total. The summed E-state index contributed by atoms with van der Waals surface area (Å²) in [6.07, 6.45) is 3.30. The second kappa shape index (κ2) is 8.35. The van der Waals surface area contributed by atoms with Crippen LogP contribution in [-0.2, 0) is 35.8 Å². The number of aliphatic hydroxyl groups excluding tert-OH is 1. The lowest BCUT2D eigenvalue weighted by Crippen LogP contribution is -2.17. The summed E-state index contributed by atoms with van der Waals surface area (Å²) in [7, 11) is -3.50. The first-order valence-electron chi connectivity index (χ1n) is 9.67. The van der Waals surface area contributed by atoms with Crippen molar-refractivity contribution in [2.24, 2.45) is 5.92 Å². The smallest absolute Gasteiger partial charge is 0.180 e. The summed E-state index contributed by atoms with van der Waals surface area (Å²) < 4.78 is 27.6. The van der Waals surface area contributed by atoms with Gasteiger partial charge in [-0.05, 0) is 60.6 Å². The van der Waals surface area contributed by atoms with Gasteiger partial charge >= 0.3 is 0 Å². The van der Waals surface area contributed by atoms with Gasteiger partial charge in [-0.2, -0.15) is 5.10 Å². The van der Waals surface area contributed by atoms with Gasteiger partial charge in [0.05, 0.1) is 34.5 Å². The molecular formula is C22H22Cl2N2O3S. The van der Waals surface area contributed by atoms with Crippen molar-refractivity contribution in [3.05, 3.63) is 80.6 Å². The number of rotatable bonds is 6. The van der Waals surface area contributed by atoms with E-state index in [2.05, 4.69) is 23.3 Å². The van der Waals surface area contributed by atoms with Crippen molar-refractivity contribution < 1.29 is 13.5 Å². The minimum atomic E-state index is -3.50. The number of hydrogen-bond acceptors (Lipinski definition) is 4. The molecule has 0 radical (unpaired) electrons. The van der Waals surface area contributed by atoms with Crippen LogP contribution in [0.15, 0.2) is 47.5 Å². The maximum absolute atomic E-state index is 12.9. The first-order chi connectivity index (χ1) is 14.2. The molecule has 8 heteroatoms. The Kier molecular flexibility index (Phi) is 5.95. The van der Waals surface area contributed by atoms with E-state index < -0.39 is 9.84 Å². The molecule has 5 nitrogen and oxygen atoms in total. The van der Waals surface area contributed by atoms with E-state index in [9.17, 15) is 13.5 Å². The largest absolute Gasteiger partial charge is 0.392 e. The molecule has 0 unspecified atom stereocenters. The van der Waals surface area contributed by atoms with Gasteiger partial charge in [0, 0.05) is 16.8 Å². The molecule has 158 valence electrons. The molecule has 1 aromatic heterocycles. The van der Waals surface area contributed by atoms with Crippen molar-refractivity contribution in [3.8, 4) is 0 Å². The number of nitrogens with zero attached hydrogens (tertiary/aromatic N) is 2. The number of halogens is 2. The third-order valence-electron chi connectivity index (χ3n) is 5.53. The second-order valence-electron chi connectivity index (χ2n) is 7.83. The lowest BCUT2D eigenvalue weighted by Gasteiger charge is -2.11. The van der Waals surface area contributed by atoms with Gasteiger partial charge in [0.25, 0.3) is 0 Å². The number of fused-ring (bicyclic) bond motifs is 1. The van der Waals surface area contributed by atoms with Crippen LogP contribution < -0.4 is 0 Å². The zero-order chi connectivity index (χ0) is 21.5. The predicted molar refractivity (Wildman–Crippen MR) is 118 cm³/mol. The number of aliphatic hydroxyl groups is 1. The molecule has 0 bridgehead atoms. The quantitative estimate of drug-likeness (QED) is 0.592. The van der Waals surface area contributed by atoms with Crippen LogP contribution in [-0.4, -0.2) is 29.1 Å². The summed E-state index contributed by atoms with van der Waals surface area (Å²) >= 11 is 12.0. The molecule has 0 saturated carbocycles. The summed E-state index contributed by atoms with van der Waals surface area (Å²) in [5.41, 5.74) is 5.12. The topological polar surface area (TPSA) is 72.2 Å². The molecule has 0 aliphatic heterocycles. The fraction of sp³-hybridized carbons (Fsp3) is 0.318. The van der Waals surface area contributed by atoms with E-state index in [0.717, 1.165) is 23.2 Å². The number of aryl methyl sites for hydroxylation is 1. The zero-order valence-corrected chi connectivity index (χ0v) is 18.8. The van der Waals surface area contributed by atoms with E-state index in [1.54, 1.807) is 6.07 Å². The first kappa shape index (κ1) is 21.4. The lowest BCUT2D eigenvalue weighted by atomic mass is 10.1. The Bertz CT molecular complexity index is 1210. The molecule has 30 heavy (non-hydrogen) atoms. The van der Waals surface area contributed by atoms with Gasteiger partial charge in [0.15, 0.2) is 9.84 Å². The summed E-state index contributed by atoms with van der Waals surface area (Å²) in [5.74, 6) is 0.0660. The number of aromatic nitrogens is 2. The van der Waals surface area contributed by atoms with Gasteiger partial charge in [-0.3, -0.25) is 4.68 Å². The Balaban J connectivity index is 1.48. The molecule has 3 aromatic rings. The molecule has 0 spiro atoms. The van der Waals surface area contributed by atoms with Crippen LogP contribution in [0.5, 0.6) is 0 Å². The Hall–Kier alpha value is -1.86. The van der Waals surface area contributed by atoms with Crippen LogP contribution in [0.1, 0.15) is 27.9 Å². The van der Waals surface area contributed by atoms with Crippen LogP contribution in [0, 0.1) is 12.8 Å². The lowest BCUT2D eigenvalue weighted by molar-refractivity contribution is 0.281. The molecule has 2 aromatic carbocycles. The highest BCUT2D eigenvalue weighted by atomic mass is 35.5. The Labute approximate surface area is 186 Å². The van der Waals surface area contributed by atoms with Crippen LogP contribution in [0.4, 0.5) is 0 Å². The van der Waals surface area contributed by atoms with Crippen molar-refractivity contribution in [2.75, 3.05) is 5.75 Å². The summed E-state index contributed by atoms with van der Waals surface area (Å²) in [5, 5.41) is 14.4. The average Bonchev–Trinajstić information content (AvgIpc) is 3.22. The first-order valence-corrected chi connectivity index (χ1v) is 12.1.